The van der Waals surface area contributed by atoms with E-state index in [1.165, 1.54) is 6.33 Å². The first kappa shape index (κ1) is 15.6. The molecule has 25 heavy (non-hydrogen) atoms. The molecule has 0 saturated carbocycles. The quantitative estimate of drug-likeness (QED) is 0.788. The van der Waals surface area contributed by atoms with Crippen LogP contribution in [0, 0.1) is 13.8 Å². The van der Waals surface area contributed by atoms with E-state index >= 15 is 0 Å². The Hall–Kier alpha value is -2.96. The largest absolute Gasteiger partial charge is 0.365 e. The van der Waals surface area contributed by atoms with Crippen molar-refractivity contribution >= 4 is 17.5 Å². The van der Waals surface area contributed by atoms with Gasteiger partial charge in [-0.3, -0.25) is 4.79 Å². The van der Waals surface area contributed by atoms with Crippen LogP contribution in [-0.4, -0.2) is 43.0 Å². The van der Waals surface area contributed by atoms with Gasteiger partial charge in [0.1, 0.15) is 12.1 Å². The SMILES string of the molecule is Cc1nc2ncnn2c(N[C@@H]2CC(=O)N(Cc3ccccc3)C2)c1C. The molecule has 1 aliphatic heterocycles. The monoisotopic (exact) mass is 336 g/mol. The molecule has 128 valence electrons. The Morgan fingerprint density at radius 2 is 2.04 bits per heavy atom. The zero-order valence-corrected chi connectivity index (χ0v) is 14.3. The highest BCUT2D eigenvalue weighted by molar-refractivity contribution is 5.80. The van der Waals surface area contributed by atoms with Crippen molar-refractivity contribution in [3.63, 3.8) is 0 Å². The van der Waals surface area contributed by atoms with Crippen molar-refractivity contribution in [3.05, 3.63) is 53.5 Å². The Balaban J connectivity index is 1.54. The van der Waals surface area contributed by atoms with E-state index in [2.05, 4.69) is 20.4 Å². The molecular formula is C18H20N6O. The second-order valence-corrected chi connectivity index (χ2v) is 6.45. The number of benzene rings is 1. The molecule has 3 aromatic rings. The maximum Gasteiger partial charge on any atom is 0.254 e. The molecule has 2 aromatic heterocycles. The van der Waals surface area contributed by atoms with E-state index in [-0.39, 0.29) is 11.9 Å². The minimum Gasteiger partial charge on any atom is -0.365 e. The number of nitrogens with one attached hydrogen (secondary N) is 1. The Morgan fingerprint density at radius 1 is 1.24 bits per heavy atom. The predicted molar refractivity (Wildman–Crippen MR) is 94.1 cm³/mol. The molecule has 4 rings (SSSR count). The number of fused-ring (bicyclic) bond motifs is 1. The van der Waals surface area contributed by atoms with Crippen LogP contribution >= 0.6 is 0 Å². The van der Waals surface area contributed by atoms with Gasteiger partial charge in [-0.05, 0) is 19.4 Å². The van der Waals surface area contributed by atoms with Crippen molar-refractivity contribution in [1.82, 2.24) is 24.5 Å². The maximum atomic E-state index is 12.4. The van der Waals surface area contributed by atoms with Crippen LogP contribution in [-0.2, 0) is 11.3 Å². The third kappa shape index (κ3) is 2.93. The number of nitrogens with zero attached hydrogens (tertiary/aromatic N) is 5. The number of amides is 1. The summed E-state index contributed by atoms with van der Waals surface area (Å²) in [5, 5.41) is 7.73. The Kier molecular flexibility index (Phi) is 3.83. The van der Waals surface area contributed by atoms with Crippen molar-refractivity contribution in [2.45, 2.75) is 32.9 Å². The molecule has 7 nitrogen and oxygen atoms in total. The highest BCUT2D eigenvalue weighted by Crippen LogP contribution is 2.23. The molecule has 0 radical (unpaired) electrons. The molecule has 1 amide bonds. The smallest absolute Gasteiger partial charge is 0.254 e. The zero-order chi connectivity index (χ0) is 17.4. The van der Waals surface area contributed by atoms with Gasteiger partial charge >= 0.3 is 0 Å². The van der Waals surface area contributed by atoms with Gasteiger partial charge in [-0.15, -0.1) is 0 Å². The average Bonchev–Trinajstić information content (AvgIpc) is 3.19. The minimum atomic E-state index is 0.0455. The topological polar surface area (TPSA) is 75.4 Å². The van der Waals surface area contributed by atoms with Crippen LogP contribution in [0.15, 0.2) is 36.7 Å². The van der Waals surface area contributed by atoms with E-state index in [1.54, 1.807) is 4.52 Å². The molecule has 1 aliphatic rings. The molecule has 0 aliphatic carbocycles. The highest BCUT2D eigenvalue weighted by atomic mass is 16.2. The summed E-state index contributed by atoms with van der Waals surface area (Å²) in [7, 11) is 0. The summed E-state index contributed by atoms with van der Waals surface area (Å²) >= 11 is 0. The van der Waals surface area contributed by atoms with Gasteiger partial charge in [-0.25, -0.2) is 4.98 Å². The van der Waals surface area contributed by atoms with Gasteiger partial charge in [0.15, 0.2) is 0 Å². The van der Waals surface area contributed by atoms with Gasteiger partial charge in [0.25, 0.3) is 5.78 Å². The molecule has 1 fully saturated rings. The van der Waals surface area contributed by atoms with Crippen molar-refractivity contribution in [1.29, 1.82) is 0 Å². The van der Waals surface area contributed by atoms with E-state index in [9.17, 15) is 4.79 Å². The number of rotatable bonds is 4. The van der Waals surface area contributed by atoms with Gasteiger partial charge < -0.3 is 10.2 Å². The predicted octanol–water partition coefficient (Wildman–Crippen LogP) is 1.95. The third-order valence-electron chi connectivity index (χ3n) is 4.68. The van der Waals surface area contributed by atoms with Gasteiger partial charge in [0, 0.05) is 30.8 Å². The summed E-state index contributed by atoms with van der Waals surface area (Å²) in [6.45, 7) is 5.27. The fourth-order valence-corrected chi connectivity index (χ4v) is 3.22. The van der Waals surface area contributed by atoms with Gasteiger partial charge in [0.2, 0.25) is 5.91 Å². The second kappa shape index (κ2) is 6.16. The zero-order valence-electron chi connectivity index (χ0n) is 14.3. The second-order valence-electron chi connectivity index (χ2n) is 6.45. The number of carbonyl (C=O) groups excluding carboxylic acids is 1. The lowest BCUT2D eigenvalue weighted by Gasteiger charge is -2.19. The van der Waals surface area contributed by atoms with Crippen molar-refractivity contribution < 1.29 is 4.79 Å². The molecule has 7 heteroatoms. The minimum absolute atomic E-state index is 0.0455. The number of likely N-dealkylation sites (tertiary alicyclic amines) is 1. The number of hydrogen-bond acceptors (Lipinski definition) is 5. The Morgan fingerprint density at radius 3 is 2.84 bits per heavy atom. The van der Waals surface area contributed by atoms with E-state index < -0.39 is 0 Å². The van der Waals surface area contributed by atoms with E-state index in [4.69, 9.17) is 0 Å². The Bertz CT molecular complexity index is 920. The summed E-state index contributed by atoms with van der Waals surface area (Å²) < 4.78 is 1.70. The van der Waals surface area contributed by atoms with Crippen LogP contribution in [0.25, 0.3) is 5.78 Å². The molecule has 1 saturated heterocycles. The maximum absolute atomic E-state index is 12.4. The summed E-state index contributed by atoms with van der Waals surface area (Å²) in [5.41, 5.74) is 3.08. The molecule has 0 bridgehead atoms. The summed E-state index contributed by atoms with van der Waals surface area (Å²) in [4.78, 5) is 22.9. The summed E-state index contributed by atoms with van der Waals surface area (Å²) in [6.07, 6.45) is 1.97. The van der Waals surface area contributed by atoms with Crippen LogP contribution in [0.3, 0.4) is 0 Å². The Labute approximate surface area is 145 Å². The van der Waals surface area contributed by atoms with Crippen molar-refractivity contribution in [2.75, 3.05) is 11.9 Å². The van der Waals surface area contributed by atoms with Crippen LogP contribution < -0.4 is 5.32 Å². The first-order valence-electron chi connectivity index (χ1n) is 8.37. The molecule has 1 aromatic carbocycles. The molecular weight excluding hydrogens is 316 g/mol. The van der Waals surface area contributed by atoms with Crippen LogP contribution in [0.5, 0.6) is 0 Å². The van der Waals surface area contributed by atoms with E-state index in [0.717, 1.165) is 22.6 Å². The van der Waals surface area contributed by atoms with Gasteiger partial charge in [0.05, 0.1) is 6.04 Å². The molecule has 0 spiro atoms. The summed E-state index contributed by atoms with van der Waals surface area (Å²) in [5.74, 6) is 1.59. The van der Waals surface area contributed by atoms with Gasteiger partial charge in [-0.1, -0.05) is 30.3 Å². The number of aryl methyl sites for hydroxylation is 1. The molecule has 1 N–H and O–H groups in total. The number of anilines is 1. The molecule has 3 heterocycles. The van der Waals surface area contributed by atoms with E-state index in [0.29, 0.717) is 25.3 Å². The van der Waals surface area contributed by atoms with E-state index in [1.807, 2.05) is 49.1 Å². The lowest BCUT2D eigenvalue weighted by Crippen LogP contribution is -2.28. The first-order valence-corrected chi connectivity index (χ1v) is 8.37. The lowest BCUT2D eigenvalue weighted by atomic mass is 10.2. The number of hydrogen-bond donors (Lipinski definition) is 1. The number of carbonyl (C=O) groups is 1. The fourth-order valence-electron chi connectivity index (χ4n) is 3.22. The highest BCUT2D eigenvalue weighted by Gasteiger charge is 2.30. The standard InChI is InChI=1S/C18H20N6O/c1-12-13(2)21-18-19-11-20-24(18)17(12)22-15-8-16(25)23(10-15)9-14-6-4-3-5-7-14/h3-7,11,15,22H,8-10H2,1-2H3/t15-/m1/s1. The third-order valence-corrected chi connectivity index (χ3v) is 4.68. The fraction of sp³-hybridized carbons (Fsp3) is 0.333. The molecule has 0 unspecified atom stereocenters. The average molecular weight is 336 g/mol. The number of aromatic nitrogens is 4. The molecule has 1 atom stereocenters. The van der Waals surface area contributed by atoms with Crippen molar-refractivity contribution in [3.8, 4) is 0 Å². The van der Waals surface area contributed by atoms with Crippen LogP contribution in [0.2, 0.25) is 0 Å². The lowest BCUT2D eigenvalue weighted by molar-refractivity contribution is -0.128. The summed E-state index contributed by atoms with van der Waals surface area (Å²) in [6, 6.07) is 10.1. The first-order chi connectivity index (χ1) is 12.1. The van der Waals surface area contributed by atoms with Gasteiger partial charge in [-0.2, -0.15) is 14.6 Å². The normalized spacial score (nSPS) is 17.4. The van der Waals surface area contributed by atoms with Crippen LogP contribution in [0.1, 0.15) is 23.2 Å². The van der Waals surface area contributed by atoms with Crippen molar-refractivity contribution in [2.24, 2.45) is 0 Å². The van der Waals surface area contributed by atoms with Crippen LogP contribution in [0.4, 0.5) is 5.82 Å².